The second kappa shape index (κ2) is 9.77. The van der Waals surface area contributed by atoms with Crippen molar-refractivity contribution >= 4 is 0 Å². The Kier molecular flexibility index (Phi) is 5.87. The smallest absolute Gasteiger partial charge is 0.164 e. The lowest BCUT2D eigenvalue weighted by atomic mass is 9.90. The van der Waals surface area contributed by atoms with Gasteiger partial charge in [0.2, 0.25) is 0 Å². The molecule has 36 heavy (non-hydrogen) atoms. The maximum Gasteiger partial charge on any atom is 0.164 e. The van der Waals surface area contributed by atoms with E-state index in [0.29, 0.717) is 17.5 Å². The summed E-state index contributed by atoms with van der Waals surface area (Å²) in [6, 6.07) is 47.4. The van der Waals surface area contributed by atoms with E-state index in [9.17, 15) is 0 Å². The number of nitrogens with zero attached hydrogens (tertiary/aromatic N) is 3. The monoisotopic (exact) mass is 461 g/mol. The van der Waals surface area contributed by atoms with E-state index in [4.69, 9.17) is 15.0 Å². The highest BCUT2D eigenvalue weighted by Gasteiger charge is 2.18. The number of benzene rings is 5. The van der Waals surface area contributed by atoms with Crippen LogP contribution in [0.4, 0.5) is 0 Å². The third kappa shape index (κ3) is 4.30. The molecule has 1 aromatic heterocycles. The van der Waals surface area contributed by atoms with Crippen LogP contribution in [-0.2, 0) is 0 Å². The molecular formula is C33H23N3. The summed E-state index contributed by atoms with van der Waals surface area (Å²) in [6.45, 7) is 0. The van der Waals surface area contributed by atoms with Gasteiger partial charge in [0.25, 0.3) is 0 Å². The SMILES string of the molecule is c1ccc(-c2nc(-c3ccccc3)nc(-c3cccc(-c4ccccc4)c3-c3ccccc3)n2)cc1. The quantitative estimate of drug-likeness (QED) is 0.260. The van der Waals surface area contributed by atoms with Gasteiger partial charge in [0.1, 0.15) is 0 Å². The van der Waals surface area contributed by atoms with E-state index in [2.05, 4.69) is 66.7 Å². The van der Waals surface area contributed by atoms with Crippen molar-refractivity contribution in [2.75, 3.05) is 0 Å². The minimum Gasteiger partial charge on any atom is -0.208 e. The van der Waals surface area contributed by atoms with Gasteiger partial charge in [0, 0.05) is 22.3 Å². The van der Waals surface area contributed by atoms with Crippen LogP contribution >= 0.6 is 0 Å². The molecule has 0 radical (unpaired) electrons. The molecule has 0 saturated heterocycles. The van der Waals surface area contributed by atoms with Gasteiger partial charge in [-0.05, 0) is 16.7 Å². The van der Waals surface area contributed by atoms with Gasteiger partial charge in [-0.3, -0.25) is 0 Å². The molecule has 6 rings (SSSR count). The molecule has 0 fully saturated rings. The Morgan fingerprint density at radius 2 is 0.667 bits per heavy atom. The highest BCUT2D eigenvalue weighted by Crippen LogP contribution is 2.39. The molecule has 0 N–H and O–H groups in total. The molecule has 6 aromatic rings. The first-order chi connectivity index (χ1) is 17.9. The van der Waals surface area contributed by atoms with Crippen molar-refractivity contribution in [2.24, 2.45) is 0 Å². The van der Waals surface area contributed by atoms with Crippen molar-refractivity contribution in [3.05, 3.63) is 140 Å². The summed E-state index contributed by atoms with van der Waals surface area (Å²) in [7, 11) is 0. The summed E-state index contributed by atoms with van der Waals surface area (Å²) in [5, 5.41) is 0. The molecule has 3 nitrogen and oxygen atoms in total. The molecule has 0 saturated carbocycles. The van der Waals surface area contributed by atoms with Gasteiger partial charge in [-0.15, -0.1) is 0 Å². The fraction of sp³-hybridized carbons (Fsp3) is 0. The van der Waals surface area contributed by atoms with Crippen molar-refractivity contribution in [2.45, 2.75) is 0 Å². The Morgan fingerprint density at radius 3 is 1.17 bits per heavy atom. The number of rotatable bonds is 5. The van der Waals surface area contributed by atoms with Gasteiger partial charge in [0.15, 0.2) is 17.5 Å². The second-order valence-corrected chi connectivity index (χ2v) is 8.50. The van der Waals surface area contributed by atoms with E-state index in [1.165, 1.54) is 0 Å². The topological polar surface area (TPSA) is 38.7 Å². The van der Waals surface area contributed by atoms with E-state index in [1.807, 2.05) is 72.8 Å². The van der Waals surface area contributed by atoms with Crippen LogP contribution < -0.4 is 0 Å². The summed E-state index contributed by atoms with van der Waals surface area (Å²) >= 11 is 0. The first-order valence-electron chi connectivity index (χ1n) is 12.0. The van der Waals surface area contributed by atoms with Crippen molar-refractivity contribution in [3.63, 3.8) is 0 Å². The summed E-state index contributed by atoms with van der Waals surface area (Å²) in [6.07, 6.45) is 0. The number of aromatic nitrogens is 3. The van der Waals surface area contributed by atoms with E-state index in [0.717, 1.165) is 38.9 Å². The highest BCUT2D eigenvalue weighted by atomic mass is 15.0. The highest BCUT2D eigenvalue weighted by molar-refractivity contribution is 5.93. The Morgan fingerprint density at radius 1 is 0.278 bits per heavy atom. The van der Waals surface area contributed by atoms with Gasteiger partial charge in [-0.1, -0.05) is 140 Å². The zero-order valence-electron chi connectivity index (χ0n) is 19.6. The van der Waals surface area contributed by atoms with Crippen LogP contribution in [0.25, 0.3) is 56.4 Å². The minimum absolute atomic E-state index is 0.652. The van der Waals surface area contributed by atoms with Crippen molar-refractivity contribution in [1.29, 1.82) is 0 Å². The van der Waals surface area contributed by atoms with Crippen LogP contribution in [0.5, 0.6) is 0 Å². The average Bonchev–Trinajstić information content (AvgIpc) is 2.98. The van der Waals surface area contributed by atoms with Gasteiger partial charge >= 0.3 is 0 Å². The predicted molar refractivity (Wildman–Crippen MR) is 147 cm³/mol. The predicted octanol–water partition coefficient (Wildman–Crippen LogP) is 8.21. The lowest BCUT2D eigenvalue weighted by molar-refractivity contribution is 1.07. The molecule has 5 aromatic carbocycles. The molecule has 0 atom stereocenters. The molecule has 0 amide bonds. The van der Waals surface area contributed by atoms with Gasteiger partial charge in [0.05, 0.1) is 0 Å². The van der Waals surface area contributed by atoms with Gasteiger partial charge in [-0.2, -0.15) is 0 Å². The fourth-order valence-electron chi connectivity index (χ4n) is 4.44. The largest absolute Gasteiger partial charge is 0.208 e. The maximum absolute atomic E-state index is 5.00. The van der Waals surface area contributed by atoms with Gasteiger partial charge < -0.3 is 0 Å². The molecule has 1 heterocycles. The van der Waals surface area contributed by atoms with E-state index < -0.39 is 0 Å². The van der Waals surface area contributed by atoms with Crippen LogP contribution in [-0.4, -0.2) is 15.0 Å². The molecule has 0 aliphatic carbocycles. The Balaban J connectivity index is 1.64. The van der Waals surface area contributed by atoms with Crippen LogP contribution in [0.1, 0.15) is 0 Å². The number of hydrogen-bond acceptors (Lipinski definition) is 3. The molecular weight excluding hydrogens is 438 g/mol. The Hall–Kier alpha value is -4.89. The van der Waals surface area contributed by atoms with E-state index >= 15 is 0 Å². The van der Waals surface area contributed by atoms with Crippen LogP contribution in [0.3, 0.4) is 0 Å². The zero-order chi connectivity index (χ0) is 24.2. The lowest BCUT2D eigenvalue weighted by Gasteiger charge is -2.16. The number of hydrogen-bond donors (Lipinski definition) is 0. The van der Waals surface area contributed by atoms with E-state index in [-0.39, 0.29) is 0 Å². The molecule has 170 valence electrons. The summed E-state index contributed by atoms with van der Waals surface area (Å²) in [5.41, 5.74) is 7.40. The standard InChI is InChI=1S/C33H23N3/c1-5-14-24(15-6-1)28-22-13-23-29(30(28)25-16-7-2-8-17-25)33-35-31(26-18-9-3-10-19-26)34-32(36-33)27-20-11-4-12-21-27/h1-23H. The molecule has 0 spiro atoms. The average molecular weight is 462 g/mol. The first-order valence-corrected chi connectivity index (χ1v) is 12.0. The molecule has 3 heteroatoms. The van der Waals surface area contributed by atoms with E-state index in [1.54, 1.807) is 0 Å². The normalized spacial score (nSPS) is 10.8. The second-order valence-electron chi connectivity index (χ2n) is 8.50. The van der Waals surface area contributed by atoms with Crippen LogP contribution in [0, 0.1) is 0 Å². The Labute approximate surface area is 210 Å². The molecule has 0 bridgehead atoms. The van der Waals surface area contributed by atoms with Crippen LogP contribution in [0.15, 0.2) is 140 Å². The first kappa shape index (κ1) is 21.6. The summed E-state index contributed by atoms with van der Waals surface area (Å²) in [4.78, 5) is 14.9. The molecule has 0 aliphatic rings. The summed E-state index contributed by atoms with van der Waals surface area (Å²) < 4.78 is 0. The fourth-order valence-corrected chi connectivity index (χ4v) is 4.44. The lowest BCUT2D eigenvalue weighted by Crippen LogP contribution is -2.01. The molecule has 0 aliphatic heterocycles. The summed E-state index contributed by atoms with van der Waals surface area (Å²) in [5.74, 6) is 1.96. The molecule has 0 unspecified atom stereocenters. The third-order valence-corrected chi connectivity index (χ3v) is 6.15. The van der Waals surface area contributed by atoms with Crippen molar-refractivity contribution in [3.8, 4) is 56.4 Å². The van der Waals surface area contributed by atoms with Crippen molar-refractivity contribution in [1.82, 2.24) is 15.0 Å². The third-order valence-electron chi connectivity index (χ3n) is 6.15. The van der Waals surface area contributed by atoms with Crippen molar-refractivity contribution < 1.29 is 0 Å². The van der Waals surface area contributed by atoms with Crippen LogP contribution in [0.2, 0.25) is 0 Å². The minimum atomic E-state index is 0.652. The zero-order valence-corrected chi connectivity index (χ0v) is 19.6. The van der Waals surface area contributed by atoms with Gasteiger partial charge in [-0.25, -0.2) is 15.0 Å². The maximum atomic E-state index is 5.00. The Bertz CT molecular complexity index is 1540.